The van der Waals surface area contributed by atoms with Gasteiger partial charge in [-0.1, -0.05) is 0 Å². The molecule has 24 heavy (non-hydrogen) atoms. The topological polar surface area (TPSA) is 59.4 Å². The van der Waals surface area contributed by atoms with Crippen molar-refractivity contribution in [2.75, 3.05) is 25.1 Å². The van der Waals surface area contributed by atoms with Gasteiger partial charge in [0.2, 0.25) is 0 Å². The summed E-state index contributed by atoms with van der Waals surface area (Å²) in [5.74, 6) is -0.336. The minimum absolute atomic E-state index is 0.336. The molecule has 6 heteroatoms. The summed E-state index contributed by atoms with van der Waals surface area (Å²) in [6.07, 6.45) is 7.00. The molecule has 0 bridgehead atoms. The second kappa shape index (κ2) is 6.09. The van der Waals surface area contributed by atoms with Crippen molar-refractivity contribution in [1.29, 1.82) is 0 Å². The molecule has 0 radical (unpaired) electrons. The summed E-state index contributed by atoms with van der Waals surface area (Å²) in [5, 5.41) is 9.23. The fourth-order valence-electron chi connectivity index (χ4n) is 3.63. The van der Waals surface area contributed by atoms with E-state index < -0.39 is 0 Å². The maximum atomic E-state index is 12.0. The Morgan fingerprint density at radius 2 is 1.92 bits per heavy atom. The minimum atomic E-state index is -0.336. The number of carbonyl (C=O) groups is 1. The molecule has 1 aromatic carbocycles. The van der Waals surface area contributed by atoms with E-state index in [2.05, 4.69) is 15.3 Å². The van der Waals surface area contributed by atoms with Gasteiger partial charge < -0.3 is 15.0 Å². The molecule has 0 spiro atoms. The molecule has 1 saturated carbocycles. The molecule has 2 aromatic rings. The molecule has 1 aliphatic carbocycles. The lowest BCUT2D eigenvalue weighted by molar-refractivity contribution is 0.0602. The molecule has 1 aromatic heterocycles. The lowest BCUT2D eigenvalue weighted by Crippen LogP contribution is -2.43. The van der Waals surface area contributed by atoms with Crippen molar-refractivity contribution in [1.82, 2.24) is 15.1 Å². The van der Waals surface area contributed by atoms with Crippen molar-refractivity contribution in [2.45, 2.75) is 37.8 Å². The van der Waals surface area contributed by atoms with Crippen LogP contribution in [0.3, 0.4) is 0 Å². The zero-order valence-corrected chi connectivity index (χ0v) is 14.3. The summed E-state index contributed by atoms with van der Waals surface area (Å²) >= 11 is 0. The Morgan fingerprint density at radius 3 is 2.58 bits per heavy atom. The number of nitrogens with zero attached hydrogens (tertiary/aromatic N) is 3. The van der Waals surface area contributed by atoms with Gasteiger partial charge in [-0.25, -0.2) is 4.79 Å². The quantitative estimate of drug-likeness (QED) is 0.871. The Balaban J connectivity index is 1.59. The molecule has 2 fully saturated rings. The molecule has 1 aliphatic heterocycles. The number of aromatic nitrogens is 2. The molecule has 0 unspecified atom stereocenters. The number of methoxy groups -OCH3 is 1. The highest BCUT2D eigenvalue weighted by Gasteiger charge is 2.28. The van der Waals surface area contributed by atoms with E-state index in [1.165, 1.54) is 20.0 Å². The van der Waals surface area contributed by atoms with Crippen molar-refractivity contribution in [2.24, 2.45) is 7.05 Å². The second-order valence-electron chi connectivity index (χ2n) is 6.89. The van der Waals surface area contributed by atoms with Crippen LogP contribution in [0.25, 0.3) is 10.9 Å². The van der Waals surface area contributed by atoms with E-state index in [9.17, 15) is 4.79 Å². The van der Waals surface area contributed by atoms with Crippen LogP contribution in [-0.4, -0.2) is 48.0 Å². The first kappa shape index (κ1) is 15.4. The van der Waals surface area contributed by atoms with E-state index in [0.29, 0.717) is 11.6 Å². The van der Waals surface area contributed by atoms with E-state index >= 15 is 0 Å². The average molecular weight is 328 g/mol. The van der Waals surface area contributed by atoms with Crippen molar-refractivity contribution >= 4 is 22.6 Å². The third-order valence-corrected chi connectivity index (χ3v) is 5.06. The van der Waals surface area contributed by atoms with Crippen LogP contribution in [-0.2, 0) is 11.8 Å². The van der Waals surface area contributed by atoms with E-state index in [-0.39, 0.29) is 5.97 Å². The minimum Gasteiger partial charge on any atom is -0.465 e. The summed E-state index contributed by atoms with van der Waals surface area (Å²) in [4.78, 5) is 14.4. The first-order valence-electron chi connectivity index (χ1n) is 8.71. The zero-order valence-electron chi connectivity index (χ0n) is 14.3. The van der Waals surface area contributed by atoms with Gasteiger partial charge in [0.1, 0.15) is 5.52 Å². The van der Waals surface area contributed by atoms with Crippen LogP contribution in [0.1, 0.15) is 36.0 Å². The van der Waals surface area contributed by atoms with Crippen molar-refractivity contribution in [3.05, 3.63) is 23.9 Å². The van der Waals surface area contributed by atoms with Crippen LogP contribution in [0.2, 0.25) is 0 Å². The molecule has 0 amide bonds. The fourth-order valence-corrected chi connectivity index (χ4v) is 3.63. The van der Waals surface area contributed by atoms with E-state index in [4.69, 9.17) is 4.74 Å². The first-order valence-corrected chi connectivity index (χ1v) is 8.71. The SMILES string of the molecule is COC(=O)c1ccc(N2CCC(NC3CC3)CC2)c2cn(C)nc12. The lowest BCUT2D eigenvalue weighted by Gasteiger charge is -2.34. The summed E-state index contributed by atoms with van der Waals surface area (Å²) in [6, 6.07) is 5.29. The van der Waals surface area contributed by atoms with Gasteiger partial charge in [0, 0.05) is 49.5 Å². The van der Waals surface area contributed by atoms with Crippen LogP contribution < -0.4 is 10.2 Å². The largest absolute Gasteiger partial charge is 0.465 e. The van der Waals surface area contributed by atoms with Gasteiger partial charge in [-0.2, -0.15) is 5.10 Å². The number of anilines is 1. The van der Waals surface area contributed by atoms with Gasteiger partial charge in [0.05, 0.1) is 12.7 Å². The lowest BCUT2D eigenvalue weighted by atomic mass is 10.0. The molecule has 0 atom stereocenters. The summed E-state index contributed by atoms with van der Waals surface area (Å²) in [5.41, 5.74) is 2.41. The number of aryl methyl sites for hydroxylation is 1. The number of fused-ring (bicyclic) bond motifs is 1. The highest BCUT2D eigenvalue weighted by Crippen LogP contribution is 2.31. The maximum absolute atomic E-state index is 12.0. The Bertz CT molecular complexity index is 758. The highest BCUT2D eigenvalue weighted by atomic mass is 16.5. The van der Waals surface area contributed by atoms with Crippen LogP contribution in [0.5, 0.6) is 0 Å². The van der Waals surface area contributed by atoms with Crippen molar-refractivity contribution in [3.8, 4) is 0 Å². The predicted molar refractivity (Wildman–Crippen MR) is 93.4 cm³/mol. The second-order valence-corrected chi connectivity index (χ2v) is 6.89. The number of carbonyl (C=O) groups excluding carboxylic acids is 1. The van der Waals surface area contributed by atoms with Crippen molar-refractivity contribution in [3.63, 3.8) is 0 Å². The van der Waals surface area contributed by atoms with Crippen LogP contribution in [0, 0.1) is 0 Å². The van der Waals surface area contributed by atoms with Crippen molar-refractivity contribution < 1.29 is 9.53 Å². The third kappa shape index (κ3) is 2.86. The number of hydrogen-bond acceptors (Lipinski definition) is 5. The Kier molecular flexibility index (Phi) is 3.92. The third-order valence-electron chi connectivity index (χ3n) is 5.06. The van der Waals surface area contributed by atoms with Gasteiger partial charge in [0.15, 0.2) is 0 Å². The van der Waals surface area contributed by atoms with Crippen LogP contribution in [0.15, 0.2) is 18.3 Å². The Hall–Kier alpha value is -2.08. The van der Waals surface area contributed by atoms with Gasteiger partial charge in [-0.15, -0.1) is 0 Å². The number of piperidine rings is 1. The molecule has 2 heterocycles. The summed E-state index contributed by atoms with van der Waals surface area (Å²) < 4.78 is 6.65. The number of ether oxygens (including phenoxy) is 1. The number of nitrogens with one attached hydrogen (secondary N) is 1. The molecule has 2 aliphatic rings. The maximum Gasteiger partial charge on any atom is 0.340 e. The highest BCUT2D eigenvalue weighted by molar-refractivity contribution is 6.06. The molecular weight excluding hydrogens is 304 g/mol. The van der Waals surface area contributed by atoms with Crippen LogP contribution >= 0.6 is 0 Å². The van der Waals surface area contributed by atoms with E-state index in [1.54, 1.807) is 4.68 Å². The van der Waals surface area contributed by atoms with Gasteiger partial charge in [-0.3, -0.25) is 4.68 Å². The number of benzene rings is 1. The molecule has 4 rings (SSSR count). The predicted octanol–water partition coefficient (Wildman–Crippen LogP) is 2.08. The van der Waals surface area contributed by atoms with Crippen LogP contribution in [0.4, 0.5) is 5.69 Å². The molecule has 128 valence electrons. The summed E-state index contributed by atoms with van der Waals surface area (Å²) in [6.45, 7) is 2.07. The number of rotatable bonds is 4. The van der Waals surface area contributed by atoms with Gasteiger partial charge in [-0.05, 0) is 37.8 Å². The van der Waals surface area contributed by atoms with Gasteiger partial charge in [0.25, 0.3) is 0 Å². The normalized spacial score (nSPS) is 19.0. The Morgan fingerprint density at radius 1 is 1.21 bits per heavy atom. The number of hydrogen-bond donors (Lipinski definition) is 1. The number of esters is 1. The summed E-state index contributed by atoms with van der Waals surface area (Å²) in [7, 11) is 3.29. The monoisotopic (exact) mass is 328 g/mol. The smallest absolute Gasteiger partial charge is 0.340 e. The Labute approximate surface area is 141 Å². The molecular formula is C18H24N4O2. The fraction of sp³-hybridized carbons (Fsp3) is 0.556. The average Bonchev–Trinajstić information content (AvgIpc) is 3.32. The van der Waals surface area contributed by atoms with E-state index in [1.807, 2.05) is 25.4 Å². The molecule has 1 N–H and O–H groups in total. The first-order chi connectivity index (χ1) is 11.7. The van der Waals surface area contributed by atoms with E-state index in [0.717, 1.165) is 48.6 Å². The van der Waals surface area contributed by atoms with Gasteiger partial charge >= 0.3 is 5.97 Å². The standard InChI is InChI=1S/C18H24N4O2/c1-21-11-15-16(6-5-14(17(15)20-21)18(23)24-2)22-9-7-13(8-10-22)19-12-3-4-12/h5-6,11-13,19H,3-4,7-10H2,1-2H3. The molecule has 1 saturated heterocycles. The zero-order chi connectivity index (χ0) is 16.7. The molecule has 6 nitrogen and oxygen atoms in total.